The largest absolute Gasteiger partial charge is 0.299 e. The highest BCUT2D eigenvalue weighted by atomic mass is 16.1. The van der Waals surface area contributed by atoms with Gasteiger partial charge in [-0.1, -0.05) is 32.9 Å². The van der Waals surface area contributed by atoms with Crippen molar-refractivity contribution < 1.29 is 4.79 Å². The first-order chi connectivity index (χ1) is 5.44. The molecule has 1 nitrogen and oxygen atoms in total. The highest BCUT2D eigenvalue weighted by molar-refractivity contribution is 5.89. The van der Waals surface area contributed by atoms with Crippen LogP contribution in [-0.4, -0.2) is 5.78 Å². The number of ketones is 1. The van der Waals surface area contributed by atoms with Crippen LogP contribution in [0, 0.1) is 16.7 Å². The third-order valence-corrected chi connectivity index (χ3v) is 3.34. The maximum Gasteiger partial charge on any atom is 0.140 e. The minimum atomic E-state index is 0.0181. The Kier molecular flexibility index (Phi) is 1.35. The predicted molar refractivity (Wildman–Crippen MR) is 48.8 cm³/mol. The third-order valence-electron chi connectivity index (χ3n) is 3.34. The number of allylic oxidation sites excluding steroid dienone is 2. The number of hydrogen-bond donors (Lipinski definition) is 0. The third kappa shape index (κ3) is 1.03. The summed E-state index contributed by atoms with van der Waals surface area (Å²) >= 11 is 0. The fourth-order valence-electron chi connectivity index (χ4n) is 2.05. The second-order valence-electron chi connectivity index (χ2n) is 5.18. The van der Waals surface area contributed by atoms with Crippen LogP contribution in [0.5, 0.6) is 0 Å². The van der Waals surface area contributed by atoms with Gasteiger partial charge in [0.1, 0.15) is 5.78 Å². The van der Waals surface area contributed by atoms with Crippen LogP contribution in [0.25, 0.3) is 0 Å². The maximum atomic E-state index is 11.8. The standard InChI is InChI=1S/C11H16O/c1-10(2)5-4-8-6-11(8,3)9(12)7-10/h4-5,8H,6-7H2,1-3H3. The smallest absolute Gasteiger partial charge is 0.140 e. The molecular formula is C11H16O. The van der Waals surface area contributed by atoms with E-state index in [1.54, 1.807) is 0 Å². The van der Waals surface area contributed by atoms with Crippen molar-refractivity contribution in [1.82, 2.24) is 0 Å². The van der Waals surface area contributed by atoms with Crippen LogP contribution in [-0.2, 0) is 4.79 Å². The lowest BCUT2D eigenvalue weighted by Gasteiger charge is -2.19. The minimum Gasteiger partial charge on any atom is -0.299 e. The molecule has 0 aromatic heterocycles. The molecule has 0 radical (unpaired) electrons. The van der Waals surface area contributed by atoms with Crippen molar-refractivity contribution in [3.63, 3.8) is 0 Å². The molecule has 2 atom stereocenters. The summed E-state index contributed by atoms with van der Waals surface area (Å²) in [6, 6.07) is 0. The lowest BCUT2D eigenvalue weighted by Crippen LogP contribution is -2.19. The molecule has 0 saturated heterocycles. The number of rotatable bonds is 0. The lowest BCUT2D eigenvalue weighted by molar-refractivity contribution is -0.125. The number of Topliss-reactive ketones (excluding diaryl/α,β-unsaturated/α-hetero) is 1. The molecule has 2 unspecified atom stereocenters. The molecule has 0 spiro atoms. The van der Waals surface area contributed by atoms with E-state index in [1.807, 2.05) is 0 Å². The summed E-state index contributed by atoms with van der Waals surface area (Å²) in [5.41, 5.74) is 0.109. The Hall–Kier alpha value is -0.590. The van der Waals surface area contributed by atoms with Gasteiger partial charge in [0.15, 0.2) is 0 Å². The molecule has 0 bridgehead atoms. The number of carbonyl (C=O) groups excluding carboxylic acids is 1. The number of carbonyl (C=O) groups is 1. The van der Waals surface area contributed by atoms with E-state index in [1.165, 1.54) is 0 Å². The second kappa shape index (κ2) is 2.01. The van der Waals surface area contributed by atoms with E-state index in [0.717, 1.165) is 12.8 Å². The van der Waals surface area contributed by atoms with Crippen molar-refractivity contribution in [3.05, 3.63) is 12.2 Å². The van der Waals surface area contributed by atoms with Crippen molar-refractivity contribution in [2.24, 2.45) is 16.7 Å². The van der Waals surface area contributed by atoms with Gasteiger partial charge in [-0.05, 0) is 17.8 Å². The molecule has 2 aliphatic rings. The molecule has 0 N–H and O–H groups in total. The molecule has 0 aromatic carbocycles. The van der Waals surface area contributed by atoms with Gasteiger partial charge in [0.05, 0.1) is 0 Å². The number of hydrogen-bond acceptors (Lipinski definition) is 1. The van der Waals surface area contributed by atoms with Gasteiger partial charge in [0.25, 0.3) is 0 Å². The van der Waals surface area contributed by atoms with E-state index in [-0.39, 0.29) is 10.8 Å². The van der Waals surface area contributed by atoms with Gasteiger partial charge >= 0.3 is 0 Å². The van der Waals surface area contributed by atoms with E-state index in [2.05, 4.69) is 32.9 Å². The van der Waals surface area contributed by atoms with E-state index in [0.29, 0.717) is 11.7 Å². The van der Waals surface area contributed by atoms with Gasteiger partial charge in [-0.3, -0.25) is 4.79 Å². The quantitative estimate of drug-likeness (QED) is 0.503. The summed E-state index contributed by atoms with van der Waals surface area (Å²) in [5, 5.41) is 0. The van der Waals surface area contributed by atoms with Crippen LogP contribution < -0.4 is 0 Å². The number of fused-ring (bicyclic) bond motifs is 1. The van der Waals surface area contributed by atoms with Crippen molar-refractivity contribution in [2.45, 2.75) is 33.6 Å². The van der Waals surface area contributed by atoms with Gasteiger partial charge in [-0.25, -0.2) is 0 Å². The predicted octanol–water partition coefficient (Wildman–Crippen LogP) is 2.57. The van der Waals surface area contributed by atoms with E-state index < -0.39 is 0 Å². The molecule has 2 rings (SSSR count). The van der Waals surface area contributed by atoms with Gasteiger partial charge in [0, 0.05) is 11.8 Å². The first kappa shape index (κ1) is 8.03. The fraction of sp³-hybridized carbons (Fsp3) is 0.727. The first-order valence-electron chi connectivity index (χ1n) is 4.67. The molecule has 1 fully saturated rings. The molecule has 1 heteroatoms. The maximum absolute atomic E-state index is 11.8. The molecule has 12 heavy (non-hydrogen) atoms. The van der Waals surface area contributed by atoms with Crippen LogP contribution in [0.4, 0.5) is 0 Å². The summed E-state index contributed by atoms with van der Waals surface area (Å²) < 4.78 is 0. The minimum absolute atomic E-state index is 0.0181. The topological polar surface area (TPSA) is 17.1 Å². The second-order valence-corrected chi connectivity index (χ2v) is 5.18. The van der Waals surface area contributed by atoms with Crippen molar-refractivity contribution in [3.8, 4) is 0 Å². The van der Waals surface area contributed by atoms with Crippen LogP contribution >= 0.6 is 0 Å². The molecule has 0 aliphatic heterocycles. The Bertz CT molecular complexity index is 262. The Balaban J connectivity index is 2.29. The van der Waals surface area contributed by atoms with Crippen molar-refractivity contribution >= 4 is 5.78 Å². The Labute approximate surface area is 73.8 Å². The van der Waals surface area contributed by atoms with E-state index in [9.17, 15) is 4.79 Å². The Morgan fingerprint density at radius 1 is 1.42 bits per heavy atom. The van der Waals surface area contributed by atoms with Crippen LogP contribution in [0.15, 0.2) is 12.2 Å². The first-order valence-corrected chi connectivity index (χ1v) is 4.67. The molecule has 2 aliphatic carbocycles. The van der Waals surface area contributed by atoms with E-state index in [4.69, 9.17) is 0 Å². The normalized spacial score (nSPS) is 43.6. The highest BCUT2D eigenvalue weighted by Gasteiger charge is 2.55. The van der Waals surface area contributed by atoms with Gasteiger partial charge < -0.3 is 0 Å². The summed E-state index contributed by atoms with van der Waals surface area (Å²) in [7, 11) is 0. The van der Waals surface area contributed by atoms with Crippen LogP contribution in [0.3, 0.4) is 0 Å². The fourth-order valence-corrected chi connectivity index (χ4v) is 2.05. The lowest BCUT2D eigenvalue weighted by atomic mass is 9.84. The highest BCUT2D eigenvalue weighted by Crippen LogP contribution is 2.57. The summed E-state index contributed by atoms with van der Waals surface area (Å²) in [6.07, 6.45) is 6.26. The molecule has 0 heterocycles. The summed E-state index contributed by atoms with van der Waals surface area (Å²) in [4.78, 5) is 11.8. The van der Waals surface area contributed by atoms with Gasteiger partial charge in [0.2, 0.25) is 0 Å². The monoisotopic (exact) mass is 164 g/mol. The molecule has 0 amide bonds. The summed E-state index contributed by atoms with van der Waals surface area (Å²) in [6.45, 7) is 6.37. The average Bonchev–Trinajstić information content (AvgIpc) is 2.58. The zero-order valence-electron chi connectivity index (χ0n) is 8.05. The zero-order chi connectivity index (χ0) is 8.98. The van der Waals surface area contributed by atoms with Crippen molar-refractivity contribution in [2.75, 3.05) is 0 Å². The van der Waals surface area contributed by atoms with Crippen LogP contribution in [0.2, 0.25) is 0 Å². The Morgan fingerprint density at radius 2 is 2.08 bits per heavy atom. The van der Waals surface area contributed by atoms with E-state index >= 15 is 0 Å². The SMILES string of the molecule is CC1(C)C=CC2CC2(C)C(=O)C1. The molecular weight excluding hydrogens is 148 g/mol. The molecule has 66 valence electrons. The zero-order valence-corrected chi connectivity index (χ0v) is 8.05. The summed E-state index contributed by atoms with van der Waals surface area (Å²) in [5.74, 6) is 1.01. The van der Waals surface area contributed by atoms with Gasteiger partial charge in [-0.2, -0.15) is 0 Å². The molecule has 0 aromatic rings. The van der Waals surface area contributed by atoms with Crippen LogP contribution in [0.1, 0.15) is 33.6 Å². The van der Waals surface area contributed by atoms with Crippen molar-refractivity contribution in [1.29, 1.82) is 0 Å². The Morgan fingerprint density at radius 3 is 2.75 bits per heavy atom. The molecule has 1 saturated carbocycles. The average molecular weight is 164 g/mol. The van der Waals surface area contributed by atoms with Gasteiger partial charge in [-0.15, -0.1) is 0 Å².